The van der Waals surface area contributed by atoms with Gasteiger partial charge < -0.3 is 20.3 Å². The van der Waals surface area contributed by atoms with Gasteiger partial charge in [0.1, 0.15) is 5.75 Å². The van der Waals surface area contributed by atoms with Gasteiger partial charge in [-0.2, -0.15) is 0 Å². The van der Waals surface area contributed by atoms with E-state index in [-0.39, 0.29) is 11.9 Å². The number of benzene rings is 1. The quantitative estimate of drug-likeness (QED) is 0.797. The Morgan fingerprint density at radius 3 is 2.67 bits per heavy atom. The molecule has 2 aromatic rings. The number of rotatable bonds is 6. The van der Waals surface area contributed by atoms with Crippen LogP contribution in [0.5, 0.6) is 5.75 Å². The van der Waals surface area contributed by atoms with Crippen molar-refractivity contribution in [2.45, 2.75) is 0 Å². The molecule has 1 fully saturated rings. The SMILES string of the molecule is COc1cccc(NC(=O)N2CCN(CCNC(=O)c3cccs3)CC2)c1. The number of amides is 3. The molecule has 8 heteroatoms. The Labute approximate surface area is 162 Å². The summed E-state index contributed by atoms with van der Waals surface area (Å²) in [6, 6.07) is 10.9. The number of carbonyl (C=O) groups excluding carboxylic acids is 2. The molecular formula is C19H24N4O3S. The van der Waals surface area contributed by atoms with Crippen LogP contribution in [-0.2, 0) is 0 Å². The zero-order chi connectivity index (χ0) is 19.1. The van der Waals surface area contributed by atoms with Crippen molar-refractivity contribution >= 4 is 29.0 Å². The van der Waals surface area contributed by atoms with Gasteiger partial charge >= 0.3 is 6.03 Å². The van der Waals surface area contributed by atoms with Crippen molar-refractivity contribution in [2.24, 2.45) is 0 Å². The molecule has 0 spiro atoms. The number of thiophene rings is 1. The number of urea groups is 1. The van der Waals surface area contributed by atoms with Gasteiger partial charge in [0.05, 0.1) is 12.0 Å². The smallest absolute Gasteiger partial charge is 0.321 e. The summed E-state index contributed by atoms with van der Waals surface area (Å²) in [4.78, 5) is 29.1. The average molecular weight is 388 g/mol. The van der Waals surface area contributed by atoms with E-state index in [9.17, 15) is 9.59 Å². The van der Waals surface area contributed by atoms with Crippen LogP contribution in [-0.4, -0.2) is 68.1 Å². The summed E-state index contributed by atoms with van der Waals surface area (Å²) in [6.07, 6.45) is 0. The third kappa shape index (κ3) is 5.45. The molecule has 0 atom stereocenters. The number of carbonyl (C=O) groups is 2. The van der Waals surface area contributed by atoms with Crippen LogP contribution in [0.1, 0.15) is 9.67 Å². The standard InChI is InChI=1S/C19H24N4O3S/c1-26-16-5-2-4-15(14-16)21-19(25)23-11-9-22(10-12-23)8-7-20-18(24)17-6-3-13-27-17/h2-6,13-14H,7-12H2,1H3,(H,20,24)(H,21,25). The average Bonchev–Trinajstić information content (AvgIpc) is 3.23. The summed E-state index contributed by atoms with van der Waals surface area (Å²) in [6.45, 7) is 4.29. The minimum absolute atomic E-state index is 0.0266. The number of methoxy groups -OCH3 is 1. The van der Waals surface area contributed by atoms with Crippen molar-refractivity contribution < 1.29 is 14.3 Å². The van der Waals surface area contributed by atoms with Crippen molar-refractivity contribution in [1.29, 1.82) is 0 Å². The molecule has 1 aromatic heterocycles. The predicted molar refractivity (Wildman–Crippen MR) is 107 cm³/mol. The van der Waals surface area contributed by atoms with Crippen LogP contribution < -0.4 is 15.4 Å². The van der Waals surface area contributed by atoms with Crippen LogP contribution in [0.3, 0.4) is 0 Å². The van der Waals surface area contributed by atoms with Gasteiger partial charge in [-0.3, -0.25) is 9.69 Å². The lowest BCUT2D eigenvalue weighted by Gasteiger charge is -2.34. The third-order valence-corrected chi connectivity index (χ3v) is 5.31. The molecule has 1 saturated heterocycles. The molecule has 7 nitrogen and oxygen atoms in total. The van der Waals surface area contributed by atoms with Crippen LogP contribution >= 0.6 is 11.3 Å². The Balaban J connectivity index is 1.38. The zero-order valence-electron chi connectivity index (χ0n) is 15.3. The summed E-state index contributed by atoms with van der Waals surface area (Å²) in [5.74, 6) is 0.684. The molecular weight excluding hydrogens is 364 g/mol. The van der Waals surface area contributed by atoms with Gasteiger partial charge in [0.25, 0.3) is 5.91 Å². The Morgan fingerprint density at radius 1 is 1.15 bits per heavy atom. The van der Waals surface area contributed by atoms with E-state index in [1.807, 2.05) is 35.7 Å². The van der Waals surface area contributed by atoms with E-state index in [0.717, 1.165) is 30.2 Å². The Kier molecular flexibility index (Phi) is 6.67. The third-order valence-electron chi connectivity index (χ3n) is 4.44. The van der Waals surface area contributed by atoms with E-state index >= 15 is 0 Å². The summed E-state index contributed by atoms with van der Waals surface area (Å²) in [7, 11) is 1.60. The van der Waals surface area contributed by atoms with Crippen LogP contribution in [0.25, 0.3) is 0 Å². The van der Waals surface area contributed by atoms with E-state index in [1.165, 1.54) is 11.3 Å². The number of hydrogen-bond donors (Lipinski definition) is 2. The van der Waals surface area contributed by atoms with Gasteiger partial charge in [-0.15, -0.1) is 11.3 Å². The van der Waals surface area contributed by atoms with Crippen molar-refractivity contribution in [3.63, 3.8) is 0 Å². The molecule has 2 heterocycles. The molecule has 0 saturated carbocycles. The highest BCUT2D eigenvalue weighted by Crippen LogP contribution is 2.17. The van der Waals surface area contributed by atoms with E-state index in [4.69, 9.17) is 4.74 Å². The topological polar surface area (TPSA) is 73.9 Å². The first-order valence-corrected chi connectivity index (χ1v) is 9.78. The first kappa shape index (κ1) is 19.2. The lowest BCUT2D eigenvalue weighted by atomic mass is 10.3. The first-order chi connectivity index (χ1) is 13.2. The lowest BCUT2D eigenvalue weighted by molar-refractivity contribution is 0.0946. The van der Waals surface area contributed by atoms with Crippen LogP contribution in [0.4, 0.5) is 10.5 Å². The van der Waals surface area contributed by atoms with Crippen LogP contribution in [0, 0.1) is 0 Å². The van der Waals surface area contributed by atoms with Crippen molar-refractivity contribution in [3.05, 3.63) is 46.7 Å². The van der Waals surface area contributed by atoms with Crippen molar-refractivity contribution in [1.82, 2.24) is 15.1 Å². The summed E-state index contributed by atoms with van der Waals surface area (Å²) in [5.41, 5.74) is 0.720. The number of ether oxygens (including phenoxy) is 1. The molecule has 144 valence electrons. The number of nitrogens with zero attached hydrogens (tertiary/aromatic N) is 2. The van der Waals surface area contributed by atoms with Gasteiger partial charge in [-0.25, -0.2) is 4.79 Å². The lowest BCUT2D eigenvalue weighted by Crippen LogP contribution is -2.51. The molecule has 3 amide bonds. The van der Waals surface area contributed by atoms with Crippen molar-refractivity contribution in [3.8, 4) is 5.75 Å². The highest BCUT2D eigenvalue weighted by Gasteiger charge is 2.21. The zero-order valence-corrected chi connectivity index (χ0v) is 16.1. The van der Waals surface area contributed by atoms with Gasteiger partial charge in [0, 0.05) is 51.0 Å². The second kappa shape index (κ2) is 9.38. The molecule has 0 aliphatic carbocycles. The Hall–Kier alpha value is -2.58. The fraction of sp³-hybridized carbons (Fsp3) is 0.368. The maximum Gasteiger partial charge on any atom is 0.321 e. The molecule has 0 radical (unpaired) electrons. The molecule has 3 rings (SSSR count). The van der Waals surface area contributed by atoms with E-state index < -0.39 is 0 Å². The number of nitrogens with one attached hydrogen (secondary N) is 2. The van der Waals surface area contributed by atoms with Crippen molar-refractivity contribution in [2.75, 3.05) is 51.7 Å². The molecule has 1 aliphatic heterocycles. The first-order valence-electron chi connectivity index (χ1n) is 8.90. The van der Waals surface area contributed by atoms with Crippen LogP contribution in [0.15, 0.2) is 41.8 Å². The minimum Gasteiger partial charge on any atom is -0.497 e. The Bertz CT molecular complexity index is 758. The van der Waals surface area contributed by atoms with E-state index in [1.54, 1.807) is 18.1 Å². The number of piperazine rings is 1. The summed E-state index contributed by atoms with van der Waals surface area (Å²) in [5, 5.41) is 7.74. The second-order valence-corrected chi connectivity index (χ2v) is 7.17. The molecule has 27 heavy (non-hydrogen) atoms. The molecule has 1 aliphatic rings. The minimum atomic E-state index is -0.103. The molecule has 2 N–H and O–H groups in total. The summed E-state index contributed by atoms with van der Waals surface area (Å²) < 4.78 is 5.17. The Morgan fingerprint density at radius 2 is 1.96 bits per heavy atom. The number of anilines is 1. The van der Waals surface area contributed by atoms with Gasteiger partial charge in [-0.05, 0) is 23.6 Å². The van der Waals surface area contributed by atoms with E-state index in [2.05, 4.69) is 15.5 Å². The van der Waals surface area contributed by atoms with Gasteiger partial charge in [0.15, 0.2) is 0 Å². The fourth-order valence-electron chi connectivity index (χ4n) is 2.90. The largest absolute Gasteiger partial charge is 0.497 e. The van der Waals surface area contributed by atoms with Crippen LogP contribution in [0.2, 0.25) is 0 Å². The molecule has 1 aromatic carbocycles. The van der Waals surface area contributed by atoms with E-state index in [0.29, 0.717) is 25.4 Å². The maximum atomic E-state index is 12.4. The highest BCUT2D eigenvalue weighted by molar-refractivity contribution is 7.12. The fourth-order valence-corrected chi connectivity index (χ4v) is 3.54. The monoisotopic (exact) mass is 388 g/mol. The maximum absolute atomic E-state index is 12.4. The second-order valence-electron chi connectivity index (χ2n) is 6.22. The van der Waals surface area contributed by atoms with Gasteiger partial charge in [0.2, 0.25) is 0 Å². The van der Waals surface area contributed by atoms with Gasteiger partial charge in [-0.1, -0.05) is 12.1 Å². The molecule has 0 unspecified atom stereocenters. The number of hydrogen-bond acceptors (Lipinski definition) is 5. The highest BCUT2D eigenvalue weighted by atomic mass is 32.1. The normalized spacial score (nSPS) is 14.6. The molecule has 0 bridgehead atoms. The summed E-state index contributed by atoms with van der Waals surface area (Å²) >= 11 is 1.44. The predicted octanol–water partition coefficient (Wildman–Crippen LogP) is 2.34.